The Morgan fingerprint density at radius 3 is 2.57 bits per heavy atom. The zero-order valence-electron chi connectivity index (χ0n) is 7.90. The van der Waals surface area contributed by atoms with Crippen molar-refractivity contribution in [3.63, 3.8) is 0 Å². The molecule has 0 spiro atoms. The van der Waals surface area contributed by atoms with Crippen LogP contribution in [-0.4, -0.2) is 34.7 Å². The highest BCUT2D eigenvalue weighted by molar-refractivity contribution is 5.93. The molecule has 5 nitrogen and oxygen atoms in total. The number of aliphatic hydroxyl groups is 1. The van der Waals surface area contributed by atoms with Crippen LogP contribution in [0.3, 0.4) is 0 Å². The van der Waals surface area contributed by atoms with Crippen molar-refractivity contribution in [2.45, 2.75) is 31.8 Å². The van der Waals surface area contributed by atoms with E-state index in [9.17, 15) is 14.7 Å². The van der Waals surface area contributed by atoms with E-state index in [4.69, 9.17) is 5.11 Å². The number of nitrogens with one attached hydrogen (secondary N) is 1. The molecule has 1 aliphatic carbocycles. The van der Waals surface area contributed by atoms with Crippen molar-refractivity contribution in [1.29, 1.82) is 0 Å². The zero-order valence-corrected chi connectivity index (χ0v) is 7.90. The molecule has 0 aromatic rings. The largest absolute Gasteiger partial charge is 0.481 e. The van der Waals surface area contributed by atoms with Gasteiger partial charge < -0.3 is 15.5 Å². The van der Waals surface area contributed by atoms with E-state index in [1.54, 1.807) is 0 Å². The molecule has 2 unspecified atom stereocenters. The van der Waals surface area contributed by atoms with Crippen LogP contribution >= 0.6 is 0 Å². The van der Waals surface area contributed by atoms with Crippen molar-refractivity contribution in [3.05, 3.63) is 0 Å². The fraction of sp³-hybridized carbons (Fsp3) is 0.778. The highest BCUT2D eigenvalue weighted by atomic mass is 16.4. The summed E-state index contributed by atoms with van der Waals surface area (Å²) in [5.74, 6) is -1.53. The van der Waals surface area contributed by atoms with Crippen LogP contribution < -0.4 is 5.32 Å². The van der Waals surface area contributed by atoms with Gasteiger partial charge in [-0.15, -0.1) is 0 Å². The van der Waals surface area contributed by atoms with Crippen LogP contribution in [0.1, 0.15) is 25.7 Å². The maximum Gasteiger partial charge on any atom is 0.312 e. The summed E-state index contributed by atoms with van der Waals surface area (Å²) in [7, 11) is 0. The lowest BCUT2D eigenvalue weighted by Crippen LogP contribution is -2.33. The second-order valence-corrected chi connectivity index (χ2v) is 3.63. The molecule has 0 bridgehead atoms. The SMILES string of the molecule is O=C(O)CC(=O)NCC1CCCC1O. The van der Waals surface area contributed by atoms with Crippen molar-refractivity contribution in [2.75, 3.05) is 6.54 Å². The second-order valence-electron chi connectivity index (χ2n) is 3.63. The Labute approximate surface area is 82.1 Å². The topological polar surface area (TPSA) is 86.6 Å². The van der Waals surface area contributed by atoms with E-state index < -0.39 is 18.3 Å². The maximum atomic E-state index is 10.9. The average molecular weight is 201 g/mol. The summed E-state index contributed by atoms with van der Waals surface area (Å²) in [6, 6.07) is 0. The van der Waals surface area contributed by atoms with Crippen LogP contribution in [0.5, 0.6) is 0 Å². The lowest BCUT2D eigenvalue weighted by atomic mass is 10.1. The van der Waals surface area contributed by atoms with Crippen LogP contribution in [0.2, 0.25) is 0 Å². The summed E-state index contributed by atoms with van der Waals surface area (Å²) in [5, 5.41) is 20.2. The number of rotatable bonds is 4. The van der Waals surface area contributed by atoms with E-state index in [1.807, 2.05) is 0 Å². The predicted molar refractivity (Wildman–Crippen MR) is 48.6 cm³/mol. The molecule has 0 aliphatic heterocycles. The molecule has 0 aromatic carbocycles. The minimum Gasteiger partial charge on any atom is -0.481 e. The minimum absolute atomic E-state index is 0.0905. The number of carbonyl (C=O) groups excluding carboxylic acids is 1. The van der Waals surface area contributed by atoms with Gasteiger partial charge in [-0.3, -0.25) is 9.59 Å². The van der Waals surface area contributed by atoms with Gasteiger partial charge in [-0.25, -0.2) is 0 Å². The van der Waals surface area contributed by atoms with Gasteiger partial charge in [0.15, 0.2) is 0 Å². The molecule has 1 amide bonds. The van der Waals surface area contributed by atoms with Gasteiger partial charge >= 0.3 is 5.97 Å². The summed E-state index contributed by atoms with van der Waals surface area (Å²) in [5.41, 5.74) is 0. The molecule has 1 rings (SSSR count). The number of hydrogen-bond donors (Lipinski definition) is 3. The Bertz CT molecular complexity index is 229. The molecule has 1 saturated carbocycles. The van der Waals surface area contributed by atoms with Gasteiger partial charge in [0.25, 0.3) is 0 Å². The van der Waals surface area contributed by atoms with Crippen LogP contribution in [0.15, 0.2) is 0 Å². The highest BCUT2D eigenvalue weighted by Crippen LogP contribution is 2.24. The van der Waals surface area contributed by atoms with E-state index in [0.717, 1.165) is 19.3 Å². The third-order valence-electron chi connectivity index (χ3n) is 2.49. The first kappa shape index (κ1) is 11.0. The minimum atomic E-state index is -1.13. The lowest BCUT2D eigenvalue weighted by Gasteiger charge is -2.14. The number of amides is 1. The second kappa shape index (κ2) is 4.95. The van der Waals surface area contributed by atoms with Gasteiger partial charge in [0.1, 0.15) is 6.42 Å². The molecule has 1 aliphatic rings. The normalized spacial score (nSPS) is 26.1. The molecule has 1 fully saturated rings. The molecule has 0 heterocycles. The van der Waals surface area contributed by atoms with Gasteiger partial charge in [0.05, 0.1) is 6.10 Å². The van der Waals surface area contributed by atoms with Gasteiger partial charge in [-0.2, -0.15) is 0 Å². The van der Waals surface area contributed by atoms with Crippen molar-refractivity contribution >= 4 is 11.9 Å². The predicted octanol–water partition coefficient (Wildman–Crippen LogP) is -0.262. The molecule has 2 atom stereocenters. The van der Waals surface area contributed by atoms with Crippen LogP contribution in [0, 0.1) is 5.92 Å². The molecule has 0 radical (unpaired) electrons. The van der Waals surface area contributed by atoms with Crippen molar-refractivity contribution in [1.82, 2.24) is 5.32 Å². The Morgan fingerprint density at radius 2 is 2.07 bits per heavy atom. The van der Waals surface area contributed by atoms with Crippen molar-refractivity contribution in [3.8, 4) is 0 Å². The number of aliphatic carboxylic acids is 1. The van der Waals surface area contributed by atoms with Crippen LogP contribution in [-0.2, 0) is 9.59 Å². The van der Waals surface area contributed by atoms with Gasteiger partial charge in [0, 0.05) is 12.5 Å². The van der Waals surface area contributed by atoms with E-state index in [1.165, 1.54) is 0 Å². The molecule has 5 heteroatoms. The molecule has 0 saturated heterocycles. The Balaban J connectivity index is 2.19. The number of carboxylic acids is 1. The summed E-state index contributed by atoms with van der Waals surface area (Å²) < 4.78 is 0. The fourth-order valence-corrected chi connectivity index (χ4v) is 1.70. The van der Waals surface area contributed by atoms with Gasteiger partial charge in [0.2, 0.25) is 5.91 Å². The Morgan fingerprint density at radius 1 is 1.36 bits per heavy atom. The van der Waals surface area contributed by atoms with Gasteiger partial charge in [-0.1, -0.05) is 6.42 Å². The third kappa shape index (κ3) is 3.33. The van der Waals surface area contributed by atoms with Gasteiger partial charge in [-0.05, 0) is 12.8 Å². The summed E-state index contributed by atoms with van der Waals surface area (Å²) in [6.07, 6.45) is 1.80. The van der Waals surface area contributed by atoms with Crippen LogP contribution in [0.4, 0.5) is 0 Å². The van der Waals surface area contributed by atoms with E-state index in [-0.39, 0.29) is 12.0 Å². The number of aliphatic hydroxyl groups excluding tert-OH is 1. The first-order valence-electron chi connectivity index (χ1n) is 4.76. The van der Waals surface area contributed by atoms with Crippen molar-refractivity contribution < 1.29 is 19.8 Å². The lowest BCUT2D eigenvalue weighted by molar-refractivity contribution is -0.140. The molecule has 14 heavy (non-hydrogen) atoms. The maximum absolute atomic E-state index is 10.9. The fourth-order valence-electron chi connectivity index (χ4n) is 1.70. The Kier molecular flexibility index (Phi) is 3.88. The van der Waals surface area contributed by atoms with Crippen molar-refractivity contribution in [2.24, 2.45) is 5.92 Å². The molecule has 3 N–H and O–H groups in total. The van der Waals surface area contributed by atoms with E-state index in [0.29, 0.717) is 6.54 Å². The van der Waals surface area contributed by atoms with E-state index in [2.05, 4.69) is 5.32 Å². The molecule has 0 aromatic heterocycles. The quantitative estimate of drug-likeness (QED) is 0.547. The first-order valence-corrected chi connectivity index (χ1v) is 4.76. The summed E-state index contributed by atoms with van der Waals surface area (Å²) in [6.45, 7) is 0.382. The molecular weight excluding hydrogens is 186 g/mol. The van der Waals surface area contributed by atoms with E-state index >= 15 is 0 Å². The number of carboxylic acid groups (broad SMARTS) is 1. The number of carbonyl (C=O) groups is 2. The first-order chi connectivity index (χ1) is 6.59. The average Bonchev–Trinajstić information content (AvgIpc) is 2.46. The monoisotopic (exact) mass is 201 g/mol. The third-order valence-corrected chi connectivity index (χ3v) is 2.49. The molecule has 80 valence electrons. The summed E-state index contributed by atoms with van der Waals surface area (Å²) in [4.78, 5) is 21.1. The number of hydrogen-bond acceptors (Lipinski definition) is 3. The smallest absolute Gasteiger partial charge is 0.312 e. The zero-order chi connectivity index (χ0) is 10.6. The Hall–Kier alpha value is -1.10. The highest BCUT2D eigenvalue weighted by Gasteiger charge is 2.25. The van der Waals surface area contributed by atoms with Crippen LogP contribution in [0.25, 0.3) is 0 Å². The summed E-state index contributed by atoms with van der Waals surface area (Å²) >= 11 is 0. The standard InChI is InChI=1S/C9H15NO4/c11-7-3-1-2-6(7)5-10-8(12)4-9(13)14/h6-7,11H,1-5H2,(H,10,12)(H,13,14). The molecular formula is C9H15NO4.